The van der Waals surface area contributed by atoms with Crippen LogP contribution in [-0.2, 0) is 9.53 Å². The normalized spacial score (nSPS) is 12.0. The van der Waals surface area contributed by atoms with Crippen LogP contribution in [0.2, 0.25) is 0 Å². The molecule has 1 rings (SSSR count). The number of rotatable bonds is 7. The lowest BCUT2D eigenvalue weighted by molar-refractivity contribution is -0.146. The lowest BCUT2D eigenvalue weighted by atomic mass is 10.1. The van der Waals surface area contributed by atoms with E-state index in [0.717, 1.165) is 17.3 Å². The summed E-state index contributed by atoms with van der Waals surface area (Å²) in [6.45, 7) is 3.95. The van der Waals surface area contributed by atoms with Gasteiger partial charge in [0.1, 0.15) is 5.75 Å². The molecule has 1 N–H and O–H groups in total. The second-order valence-electron chi connectivity index (χ2n) is 4.22. The van der Waals surface area contributed by atoms with Crippen molar-refractivity contribution in [3.8, 4) is 5.75 Å². The van der Waals surface area contributed by atoms with Crippen LogP contribution >= 0.6 is 15.9 Å². The highest BCUT2D eigenvalue weighted by atomic mass is 79.9. The Hall–Kier alpha value is -1.07. The molecule has 0 heterocycles. The van der Waals surface area contributed by atoms with Gasteiger partial charge in [0.15, 0.2) is 6.61 Å². The maximum Gasteiger partial charge on any atom is 0.344 e. The van der Waals surface area contributed by atoms with Crippen LogP contribution in [0.4, 0.5) is 0 Å². The summed E-state index contributed by atoms with van der Waals surface area (Å²) < 4.78 is 11.2. The zero-order valence-corrected chi connectivity index (χ0v) is 12.8. The van der Waals surface area contributed by atoms with Crippen LogP contribution in [0, 0.1) is 0 Å². The number of aliphatic hydroxyl groups excluding tert-OH is 1. The maximum absolute atomic E-state index is 11.4. The zero-order chi connectivity index (χ0) is 14.3. The summed E-state index contributed by atoms with van der Waals surface area (Å²) in [5, 5.41) is 9.65. The first-order valence-corrected chi connectivity index (χ1v) is 7.09. The zero-order valence-electron chi connectivity index (χ0n) is 11.2. The van der Waals surface area contributed by atoms with E-state index >= 15 is 0 Å². The number of ether oxygens (including phenoxy) is 2. The molecule has 0 aliphatic carbocycles. The Labute approximate surface area is 121 Å². The Balaban J connectivity index is 2.55. The minimum Gasteiger partial charge on any atom is -0.482 e. The van der Waals surface area contributed by atoms with E-state index in [1.807, 2.05) is 6.92 Å². The molecule has 1 aromatic carbocycles. The molecule has 0 spiro atoms. The van der Waals surface area contributed by atoms with Crippen LogP contribution in [0.25, 0.3) is 0 Å². The van der Waals surface area contributed by atoms with Gasteiger partial charge < -0.3 is 14.6 Å². The fourth-order valence-electron chi connectivity index (χ4n) is 1.49. The number of benzene rings is 1. The highest BCUT2D eigenvalue weighted by Crippen LogP contribution is 2.28. The molecular formula is C14H19BrO4. The first-order valence-electron chi connectivity index (χ1n) is 6.30. The SMILES string of the molecule is CCCCOC(=O)COc1ccc(Br)cc1C(C)O. The number of carbonyl (C=O) groups excluding carboxylic acids is 1. The molecule has 0 saturated carbocycles. The summed E-state index contributed by atoms with van der Waals surface area (Å²) in [5.74, 6) is 0.0959. The third-order valence-corrected chi connectivity index (χ3v) is 3.02. The number of unbranched alkanes of at least 4 members (excludes halogenated alkanes) is 1. The molecule has 106 valence electrons. The lowest BCUT2D eigenvalue weighted by Crippen LogP contribution is -2.16. The first-order chi connectivity index (χ1) is 9.04. The van der Waals surface area contributed by atoms with E-state index < -0.39 is 12.1 Å². The van der Waals surface area contributed by atoms with Crippen LogP contribution in [0.1, 0.15) is 38.4 Å². The molecule has 0 saturated heterocycles. The number of esters is 1. The molecule has 1 aromatic rings. The van der Waals surface area contributed by atoms with E-state index in [4.69, 9.17) is 9.47 Å². The average Bonchev–Trinajstić information content (AvgIpc) is 2.37. The van der Waals surface area contributed by atoms with Gasteiger partial charge in [-0.2, -0.15) is 0 Å². The summed E-state index contributed by atoms with van der Waals surface area (Å²) in [6, 6.07) is 5.28. The molecule has 19 heavy (non-hydrogen) atoms. The van der Waals surface area contributed by atoms with Gasteiger partial charge in [0.2, 0.25) is 0 Å². The first kappa shape index (κ1) is 16.0. The fourth-order valence-corrected chi connectivity index (χ4v) is 1.86. The number of aliphatic hydroxyl groups is 1. The van der Waals surface area contributed by atoms with Gasteiger partial charge >= 0.3 is 5.97 Å². The van der Waals surface area contributed by atoms with Gasteiger partial charge in [-0.3, -0.25) is 0 Å². The molecule has 0 aliphatic heterocycles. The standard InChI is InChI=1S/C14H19BrO4/c1-3-4-7-18-14(17)9-19-13-6-5-11(15)8-12(13)10(2)16/h5-6,8,10,16H,3-4,7,9H2,1-2H3. The van der Waals surface area contributed by atoms with Crippen molar-refractivity contribution in [1.29, 1.82) is 0 Å². The quantitative estimate of drug-likeness (QED) is 0.616. The van der Waals surface area contributed by atoms with Gasteiger partial charge in [0.25, 0.3) is 0 Å². The molecule has 1 unspecified atom stereocenters. The van der Waals surface area contributed by atoms with E-state index in [2.05, 4.69) is 15.9 Å². The molecule has 1 atom stereocenters. The van der Waals surface area contributed by atoms with Crippen LogP contribution in [0.5, 0.6) is 5.75 Å². The van der Waals surface area contributed by atoms with Crippen molar-refractivity contribution >= 4 is 21.9 Å². The van der Waals surface area contributed by atoms with Crippen molar-refractivity contribution in [2.75, 3.05) is 13.2 Å². The minimum atomic E-state index is -0.663. The second kappa shape index (κ2) is 8.17. The minimum absolute atomic E-state index is 0.148. The van der Waals surface area contributed by atoms with Gasteiger partial charge in [-0.1, -0.05) is 29.3 Å². The molecule has 5 heteroatoms. The molecule has 0 radical (unpaired) electrons. The third-order valence-electron chi connectivity index (χ3n) is 2.53. The van der Waals surface area contributed by atoms with Crippen molar-refractivity contribution in [2.24, 2.45) is 0 Å². The van der Waals surface area contributed by atoms with Gasteiger partial charge in [-0.05, 0) is 31.5 Å². The molecule has 0 aromatic heterocycles. The molecule has 0 amide bonds. The summed E-state index contributed by atoms with van der Waals surface area (Å²) in [6.07, 6.45) is 1.17. The van der Waals surface area contributed by atoms with E-state index in [-0.39, 0.29) is 6.61 Å². The number of carbonyl (C=O) groups is 1. The van der Waals surface area contributed by atoms with Gasteiger partial charge in [-0.15, -0.1) is 0 Å². The van der Waals surface area contributed by atoms with E-state index in [0.29, 0.717) is 17.9 Å². The Kier molecular flexibility index (Phi) is 6.87. The monoisotopic (exact) mass is 330 g/mol. The Morgan fingerprint density at radius 2 is 2.21 bits per heavy atom. The number of hydrogen-bond acceptors (Lipinski definition) is 4. The Morgan fingerprint density at radius 3 is 2.84 bits per heavy atom. The van der Waals surface area contributed by atoms with E-state index in [1.165, 1.54) is 0 Å². The Morgan fingerprint density at radius 1 is 1.47 bits per heavy atom. The van der Waals surface area contributed by atoms with Crippen LogP contribution in [-0.4, -0.2) is 24.3 Å². The molecule has 0 aliphatic rings. The van der Waals surface area contributed by atoms with Crippen molar-refractivity contribution < 1.29 is 19.4 Å². The molecule has 4 nitrogen and oxygen atoms in total. The lowest BCUT2D eigenvalue weighted by Gasteiger charge is -2.13. The van der Waals surface area contributed by atoms with Crippen molar-refractivity contribution in [3.05, 3.63) is 28.2 Å². The van der Waals surface area contributed by atoms with E-state index in [9.17, 15) is 9.90 Å². The van der Waals surface area contributed by atoms with Crippen LogP contribution in [0.15, 0.2) is 22.7 Å². The highest BCUT2D eigenvalue weighted by molar-refractivity contribution is 9.10. The van der Waals surface area contributed by atoms with Crippen molar-refractivity contribution in [3.63, 3.8) is 0 Å². The van der Waals surface area contributed by atoms with Crippen LogP contribution < -0.4 is 4.74 Å². The predicted octanol–water partition coefficient (Wildman–Crippen LogP) is 3.22. The summed E-state index contributed by atoms with van der Waals surface area (Å²) in [5.41, 5.74) is 0.635. The fraction of sp³-hybridized carbons (Fsp3) is 0.500. The van der Waals surface area contributed by atoms with Gasteiger partial charge in [0, 0.05) is 10.0 Å². The predicted molar refractivity (Wildman–Crippen MR) is 76.1 cm³/mol. The average molecular weight is 331 g/mol. The summed E-state index contributed by atoms with van der Waals surface area (Å²) >= 11 is 3.33. The maximum atomic E-state index is 11.4. The molecule has 0 bridgehead atoms. The van der Waals surface area contributed by atoms with Crippen molar-refractivity contribution in [1.82, 2.24) is 0 Å². The highest BCUT2D eigenvalue weighted by Gasteiger charge is 2.12. The second-order valence-corrected chi connectivity index (χ2v) is 5.14. The van der Waals surface area contributed by atoms with Gasteiger partial charge in [0.05, 0.1) is 12.7 Å². The molecule has 0 fully saturated rings. The largest absolute Gasteiger partial charge is 0.482 e. The summed E-state index contributed by atoms with van der Waals surface area (Å²) in [4.78, 5) is 11.4. The topological polar surface area (TPSA) is 55.8 Å². The summed E-state index contributed by atoms with van der Waals surface area (Å²) in [7, 11) is 0. The smallest absolute Gasteiger partial charge is 0.344 e. The van der Waals surface area contributed by atoms with Gasteiger partial charge in [-0.25, -0.2) is 4.79 Å². The van der Waals surface area contributed by atoms with E-state index in [1.54, 1.807) is 25.1 Å². The van der Waals surface area contributed by atoms with Crippen molar-refractivity contribution in [2.45, 2.75) is 32.8 Å². The number of halogens is 1. The third kappa shape index (κ3) is 5.61. The number of hydrogen-bond donors (Lipinski definition) is 1. The molecular weight excluding hydrogens is 312 g/mol. The Bertz CT molecular complexity index is 418. The van der Waals surface area contributed by atoms with Crippen LogP contribution in [0.3, 0.4) is 0 Å².